The van der Waals surface area contributed by atoms with Gasteiger partial charge in [0.15, 0.2) is 0 Å². The molecule has 5 nitrogen and oxygen atoms in total. The number of nitrogens with zero attached hydrogens (tertiary/aromatic N) is 3. The molecule has 1 aromatic carbocycles. The zero-order valence-electron chi connectivity index (χ0n) is 13.9. The lowest BCUT2D eigenvalue weighted by Crippen LogP contribution is -2.39. The summed E-state index contributed by atoms with van der Waals surface area (Å²) >= 11 is 3.45. The average Bonchev–Trinajstić information content (AvgIpc) is 2.53. The summed E-state index contributed by atoms with van der Waals surface area (Å²) in [7, 11) is 0. The van der Waals surface area contributed by atoms with E-state index in [1.54, 1.807) is 6.07 Å². The van der Waals surface area contributed by atoms with Gasteiger partial charge in [-0.15, -0.1) is 0 Å². The Hall–Kier alpha value is -1.95. The quantitative estimate of drug-likeness (QED) is 0.857. The lowest BCUT2D eigenvalue weighted by atomic mass is 10.00. The molecule has 2 heterocycles. The number of anilines is 2. The Bertz CT molecular complexity index is 750. The summed E-state index contributed by atoms with van der Waals surface area (Å²) in [5, 5.41) is 3.24. The molecule has 2 aromatic rings. The van der Waals surface area contributed by atoms with Gasteiger partial charge in [-0.3, -0.25) is 4.79 Å². The topological polar surface area (TPSA) is 58.1 Å². The maximum atomic E-state index is 12.8. The first-order chi connectivity index (χ1) is 11.5. The van der Waals surface area contributed by atoms with Crippen LogP contribution in [0.1, 0.15) is 36.1 Å². The van der Waals surface area contributed by atoms with Crippen LogP contribution in [0.2, 0.25) is 0 Å². The van der Waals surface area contributed by atoms with Crippen LogP contribution in [0.5, 0.6) is 0 Å². The summed E-state index contributed by atoms with van der Waals surface area (Å²) in [5.41, 5.74) is 1.36. The minimum absolute atomic E-state index is 0.00987. The molecule has 24 heavy (non-hydrogen) atoms. The van der Waals surface area contributed by atoms with Crippen molar-refractivity contribution in [2.75, 3.05) is 18.4 Å². The van der Waals surface area contributed by atoms with E-state index in [0.29, 0.717) is 23.3 Å². The third kappa shape index (κ3) is 4.12. The highest BCUT2D eigenvalue weighted by Gasteiger charge is 2.23. The van der Waals surface area contributed by atoms with Crippen LogP contribution in [0, 0.1) is 12.8 Å². The van der Waals surface area contributed by atoms with E-state index in [-0.39, 0.29) is 5.91 Å². The molecule has 1 atom stereocenters. The summed E-state index contributed by atoms with van der Waals surface area (Å²) in [6, 6.07) is 9.56. The van der Waals surface area contributed by atoms with Crippen molar-refractivity contribution in [1.29, 1.82) is 0 Å². The molecular formula is C18H21BrN4O. The Morgan fingerprint density at radius 1 is 1.33 bits per heavy atom. The Morgan fingerprint density at radius 3 is 2.92 bits per heavy atom. The third-order valence-electron chi connectivity index (χ3n) is 4.10. The van der Waals surface area contributed by atoms with Crippen molar-refractivity contribution in [2.24, 2.45) is 5.92 Å². The second kappa shape index (κ2) is 7.30. The van der Waals surface area contributed by atoms with Crippen LogP contribution >= 0.6 is 15.9 Å². The van der Waals surface area contributed by atoms with Crippen LogP contribution < -0.4 is 5.32 Å². The second-order valence-electron chi connectivity index (χ2n) is 6.32. The van der Waals surface area contributed by atoms with E-state index in [1.165, 1.54) is 6.42 Å². The van der Waals surface area contributed by atoms with Crippen LogP contribution in [0.3, 0.4) is 0 Å². The fraction of sp³-hybridized carbons (Fsp3) is 0.389. The van der Waals surface area contributed by atoms with Gasteiger partial charge in [0, 0.05) is 29.3 Å². The molecule has 0 saturated carbocycles. The number of aromatic nitrogens is 2. The van der Waals surface area contributed by atoms with Crippen molar-refractivity contribution < 1.29 is 4.79 Å². The molecule has 3 rings (SSSR count). The molecule has 1 saturated heterocycles. The number of carbonyl (C=O) groups excluding carboxylic acids is 1. The molecule has 1 aliphatic rings. The average molecular weight is 389 g/mol. The zero-order chi connectivity index (χ0) is 17.1. The first kappa shape index (κ1) is 16.9. The minimum Gasteiger partial charge on any atom is -0.340 e. The monoisotopic (exact) mass is 388 g/mol. The molecule has 6 heteroatoms. The molecule has 0 aliphatic carbocycles. The van der Waals surface area contributed by atoms with Gasteiger partial charge in [0.25, 0.3) is 5.91 Å². The summed E-state index contributed by atoms with van der Waals surface area (Å²) in [4.78, 5) is 23.4. The molecule has 1 N–H and O–H groups in total. The predicted molar refractivity (Wildman–Crippen MR) is 98.5 cm³/mol. The minimum atomic E-state index is -0.00987. The highest BCUT2D eigenvalue weighted by molar-refractivity contribution is 9.10. The zero-order valence-corrected chi connectivity index (χ0v) is 15.5. The van der Waals surface area contributed by atoms with Gasteiger partial charge in [0.2, 0.25) is 0 Å². The number of halogens is 1. The predicted octanol–water partition coefficient (Wildman–Crippen LogP) is 4.16. The van der Waals surface area contributed by atoms with E-state index in [2.05, 4.69) is 38.1 Å². The Kier molecular flexibility index (Phi) is 5.14. The number of aryl methyl sites for hydroxylation is 1. The van der Waals surface area contributed by atoms with E-state index in [4.69, 9.17) is 0 Å². The van der Waals surface area contributed by atoms with E-state index in [0.717, 1.165) is 29.7 Å². The Labute approximate surface area is 150 Å². The molecule has 1 unspecified atom stereocenters. The third-order valence-corrected chi connectivity index (χ3v) is 4.59. The Morgan fingerprint density at radius 2 is 2.17 bits per heavy atom. The number of amides is 1. The molecule has 1 fully saturated rings. The number of piperidine rings is 1. The molecule has 1 amide bonds. The normalized spacial score (nSPS) is 17.6. The molecular weight excluding hydrogens is 368 g/mol. The van der Waals surface area contributed by atoms with Crippen molar-refractivity contribution in [3.05, 3.63) is 46.3 Å². The molecule has 1 aromatic heterocycles. The maximum absolute atomic E-state index is 12.8. The van der Waals surface area contributed by atoms with Gasteiger partial charge in [0.1, 0.15) is 17.3 Å². The molecule has 0 spiro atoms. The highest BCUT2D eigenvalue weighted by atomic mass is 79.9. The molecule has 0 radical (unpaired) electrons. The van der Waals surface area contributed by atoms with Gasteiger partial charge in [-0.05, 0) is 43.9 Å². The van der Waals surface area contributed by atoms with Crippen LogP contribution in [0.25, 0.3) is 0 Å². The fourth-order valence-corrected chi connectivity index (χ4v) is 3.39. The van der Waals surface area contributed by atoms with Crippen LogP contribution in [0.4, 0.5) is 11.5 Å². The van der Waals surface area contributed by atoms with Crippen molar-refractivity contribution in [2.45, 2.75) is 26.7 Å². The summed E-state index contributed by atoms with van der Waals surface area (Å²) in [6.45, 7) is 5.60. The van der Waals surface area contributed by atoms with Crippen molar-refractivity contribution in [3.63, 3.8) is 0 Å². The standard InChI is InChI=1S/C18H21BrN4O/c1-12-5-4-8-23(11-12)18(24)16-10-17(21-13(2)20-16)22-15-7-3-6-14(19)9-15/h3,6-7,9-10,12H,4-5,8,11H2,1-2H3,(H,20,21,22). The van der Waals surface area contributed by atoms with E-state index in [9.17, 15) is 4.79 Å². The van der Waals surface area contributed by atoms with Gasteiger partial charge in [-0.1, -0.05) is 28.9 Å². The Balaban J connectivity index is 1.82. The van der Waals surface area contributed by atoms with Crippen LogP contribution in [-0.4, -0.2) is 33.9 Å². The molecule has 0 bridgehead atoms. The largest absolute Gasteiger partial charge is 0.340 e. The number of hydrogen-bond acceptors (Lipinski definition) is 4. The van der Waals surface area contributed by atoms with E-state index in [1.807, 2.05) is 36.1 Å². The number of likely N-dealkylation sites (tertiary alicyclic amines) is 1. The van der Waals surface area contributed by atoms with Crippen LogP contribution in [0.15, 0.2) is 34.8 Å². The van der Waals surface area contributed by atoms with Gasteiger partial charge in [0.05, 0.1) is 0 Å². The van der Waals surface area contributed by atoms with Gasteiger partial charge >= 0.3 is 0 Å². The summed E-state index contributed by atoms with van der Waals surface area (Å²) in [5.74, 6) is 1.76. The van der Waals surface area contributed by atoms with Crippen molar-refractivity contribution in [3.8, 4) is 0 Å². The highest BCUT2D eigenvalue weighted by Crippen LogP contribution is 2.21. The second-order valence-corrected chi connectivity index (χ2v) is 7.24. The van der Waals surface area contributed by atoms with Gasteiger partial charge < -0.3 is 10.2 Å². The molecule has 126 valence electrons. The number of hydrogen-bond donors (Lipinski definition) is 1. The van der Waals surface area contributed by atoms with E-state index >= 15 is 0 Å². The fourth-order valence-electron chi connectivity index (χ4n) is 2.99. The summed E-state index contributed by atoms with van der Waals surface area (Å²) in [6.07, 6.45) is 2.24. The van der Waals surface area contributed by atoms with E-state index < -0.39 is 0 Å². The van der Waals surface area contributed by atoms with Gasteiger partial charge in [-0.25, -0.2) is 9.97 Å². The lowest BCUT2D eigenvalue weighted by Gasteiger charge is -2.30. The lowest BCUT2D eigenvalue weighted by molar-refractivity contribution is 0.0676. The van der Waals surface area contributed by atoms with Crippen LogP contribution in [-0.2, 0) is 0 Å². The van der Waals surface area contributed by atoms with Gasteiger partial charge in [-0.2, -0.15) is 0 Å². The number of rotatable bonds is 3. The first-order valence-electron chi connectivity index (χ1n) is 8.19. The summed E-state index contributed by atoms with van der Waals surface area (Å²) < 4.78 is 0.983. The number of carbonyl (C=O) groups is 1. The first-order valence-corrected chi connectivity index (χ1v) is 8.98. The van der Waals surface area contributed by atoms with Crippen molar-refractivity contribution >= 4 is 33.3 Å². The number of nitrogens with one attached hydrogen (secondary N) is 1. The smallest absolute Gasteiger partial charge is 0.272 e. The maximum Gasteiger partial charge on any atom is 0.272 e. The number of benzene rings is 1. The SMILES string of the molecule is Cc1nc(Nc2cccc(Br)c2)cc(C(=O)N2CCCC(C)C2)n1. The van der Waals surface area contributed by atoms with Crippen molar-refractivity contribution in [1.82, 2.24) is 14.9 Å². The molecule has 1 aliphatic heterocycles.